The highest BCUT2D eigenvalue weighted by Crippen LogP contribution is 2.40. The minimum atomic E-state index is -0.890. The van der Waals surface area contributed by atoms with Crippen LogP contribution in [-0.4, -0.2) is 30.1 Å². The zero-order valence-electron chi connectivity index (χ0n) is 11.7. The minimum absolute atomic E-state index is 0.0253. The largest absolute Gasteiger partial charge is 0.481 e. The van der Waals surface area contributed by atoms with Crippen LogP contribution in [0.4, 0.5) is 5.00 Å². The van der Waals surface area contributed by atoms with E-state index in [1.807, 2.05) is 0 Å². The number of aryl methyl sites for hydroxylation is 1. The maximum absolute atomic E-state index is 11.8. The Morgan fingerprint density at radius 1 is 1.38 bits per heavy atom. The SMILES string of the molecule is C#CCN(CCC(=O)O)c1sc2c(c1C(N)=O)CCCC2. The number of fused-ring (bicyclic) bond motifs is 1. The van der Waals surface area contributed by atoms with Crippen LogP contribution in [0.15, 0.2) is 0 Å². The third-order valence-electron chi connectivity index (χ3n) is 3.56. The van der Waals surface area contributed by atoms with Crippen LogP contribution < -0.4 is 10.6 Å². The first-order valence-corrected chi connectivity index (χ1v) is 7.70. The highest BCUT2D eigenvalue weighted by Gasteiger charge is 2.26. The number of hydrogen-bond donors (Lipinski definition) is 2. The molecule has 21 heavy (non-hydrogen) atoms. The molecule has 6 heteroatoms. The maximum atomic E-state index is 11.8. The molecular formula is C15H18N2O3S. The molecule has 0 saturated heterocycles. The molecule has 0 unspecified atom stereocenters. The molecule has 0 aliphatic heterocycles. The fourth-order valence-electron chi connectivity index (χ4n) is 2.62. The van der Waals surface area contributed by atoms with Gasteiger partial charge >= 0.3 is 5.97 Å². The van der Waals surface area contributed by atoms with Crippen LogP contribution >= 0.6 is 11.3 Å². The van der Waals surface area contributed by atoms with Gasteiger partial charge in [-0.2, -0.15) is 0 Å². The molecule has 1 aromatic heterocycles. The van der Waals surface area contributed by atoms with Crippen molar-refractivity contribution >= 4 is 28.2 Å². The summed E-state index contributed by atoms with van der Waals surface area (Å²) >= 11 is 1.53. The van der Waals surface area contributed by atoms with Crippen LogP contribution in [0.5, 0.6) is 0 Å². The summed E-state index contributed by atoms with van der Waals surface area (Å²) in [6, 6.07) is 0. The van der Waals surface area contributed by atoms with Crippen molar-refractivity contribution in [1.29, 1.82) is 0 Å². The Bertz CT molecular complexity index is 601. The predicted octanol–water partition coefficient (Wildman–Crippen LogP) is 1.64. The van der Waals surface area contributed by atoms with Gasteiger partial charge in [0.2, 0.25) is 0 Å². The molecule has 0 aromatic carbocycles. The standard InChI is InChI=1S/C15H18N2O3S/c1-2-8-17(9-7-12(18)19)15-13(14(16)20)10-5-3-4-6-11(10)21-15/h1H,3-9H2,(H2,16,20)(H,18,19). The van der Waals surface area contributed by atoms with Gasteiger partial charge in [0.15, 0.2) is 0 Å². The van der Waals surface area contributed by atoms with Crippen LogP contribution in [-0.2, 0) is 17.6 Å². The first kappa shape index (κ1) is 15.4. The van der Waals surface area contributed by atoms with Crippen LogP contribution in [0.3, 0.4) is 0 Å². The van der Waals surface area contributed by atoms with Gasteiger partial charge in [-0.25, -0.2) is 0 Å². The fraction of sp³-hybridized carbons (Fsp3) is 0.467. The smallest absolute Gasteiger partial charge is 0.305 e. The summed E-state index contributed by atoms with van der Waals surface area (Å²) in [5.74, 6) is 1.18. The highest BCUT2D eigenvalue weighted by atomic mass is 32.1. The summed E-state index contributed by atoms with van der Waals surface area (Å²) in [4.78, 5) is 25.6. The zero-order chi connectivity index (χ0) is 15.4. The molecule has 112 valence electrons. The molecule has 2 rings (SSSR count). The number of primary amides is 1. The van der Waals surface area contributed by atoms with E-state index in [1.54, 1.807) is 4.90 Å². The lowest BCUT2D eigenvalue weighted by molar-refractivity contribution is -0.136. The molecule has 1 aliphatic rings. The Kier molecular flexibility index (Phi) is 4.86. The first-order valence-electron chi connectivity index (χ1n) is 6.89. The lowest BCUT2D eigenvalue weighted by Gasteiger charge is -2.21. The molecule has 0 fully saturated rings. The molecule has 3 N–H and O–H groups in total. The number of amides is 1. The number of carboxylic acids is 1. The molecule has 1 heterocycles. The quantitative estimate of drug-likeness (QED) is 0.783. The van der Waals surface area contributed by atoms with Gasteiger partial charge in [-0.3, -0.25) is 9.59 Å². The van der Waals surface area contributed by atoms with Gasteiger partial charge in [-0.05, 0) is 31.2 Å². The molecule has 5 nitrogen and oxygen atoms in total. The Hall–Kier alpha value is -2.00. The van der Waals surface area contributed by atoms with Gasteiger partial charge in [0.1, 0.15) is 5.00 Å². The van der Waals surface area contributed by atoms with Crippen LogP contribution in [0.2, 0.25) is 0 Å². The first-order chi connectivity index (χ1) is 10.0. The summed E-state index contributed by atoms with van der Waals surface area (Å²) in [6.07, 6.45) is 9.30. The van der Waals surface area contributed by atoms with E-state index in [4.69, 9.17) is 17.3 Å². The van der Waals surface area contributed by atoms with Crippen LogP contribution in [0, 0.1) is 12.3 Å². The van der Waals surface area contributed by atoms with E-state index < -0.39 is 11.9 Å². The second-order valence-electron chi connectivity index (χ2n) is 5.02. The van der Waals surface area contributed by atoms with E-state index in [0.717, 1.165) is 36.2 Å². The van der Waals surface area contributed by atoms with Crippen LogP contribution in [0.25, 0.3) is 0 Å². The van der Waals surface area contributed by atoms with Crippen molar-refractivity contribution in [3.8, 4) is 12.3 Å². The summed E-state index contributed by atoms with van der Waals surface area (Å²) < 4.78 is 0. The van der Waals surface area contributed by atoms with E-state index >= 15 is 0 Å². The van der Waals surface area contributed by atoms with Crippen molar-refractivity contribution in [2.45, 2.75) is 32.1 Å². The number of carbonyl (C=O) groups excluding carboxylic acids is 1. The number of hydrogen-bond acceptors (Lipinski definition) is 4. The van der Waals surface area contributed by atoms with E-state index in [-0.39, 0.29) is 19.5 Å². The van der Waals surface area contributed by atoms with Crippen molar-refractivity contribution in [3.63, 3.8) is 0 Å². The van der Waals surface area contributed by atoms with Crippen molar-refractivity contribution in [2.75, 3.05) is 18.0 Å². The summed E-state index contributed by atoms with van der Waals surface area (Å²) in [5, 5.41) is 9.58. The number of terminal acetylenes is 1. The topological polar surface area (TPSA) is 83.6 Å². The zero-order valence-corrected chi connectivity index (χ0v) is 12.5. The summed E-state index contributed by atoms with van der Waals surface area (Å²) in [5.41, 5.74) is 7.12. The lowest BCUT2D eigenvalue weighted by Crippen LogP contribution is -2.28. The molecule has 0 bridgehead atoms. The number of nitrogens with two attached hydrogens (primary N) is 1. The number of nitrogens with zero attached hydrogens (tertiary/aromatic N) is 1. The fourth-order valence-corrected chi connectivity index (χ4v) is 4.04. The number of rotatable bonds is 6. The van der Waals surface area contributed by atoms with Crippen LogP contribution in [0.1, 0.15) is 40.1 Å². The number of thiophene rings is 1. The van der Waals surface area contributed by atoms with Crippen molar-refractivity contribution in [3.05, 3.63) is 16.0 Å². The Labute approximate surface area is 127 Å². The van der Waals surface area contributed by atoms with E-state index in [2.05, 4.69) is 5.92 Å². The molecule has 1 aromatic rings. The third kappa shape index (κ3) is 3.37. The average Bonchev–Trinajstić information content (AvgIpc) is 2.82. The third-order valence-corrected chi connectivity index (χ3v) is 4.92. The summed E-state index contributed by atoms with van der Waals surface area (Å²) in [6.45, 7) is 0.548. The number of anilines is 1. The van der Waals surface area contributed by atoms with Gasteiger partial charge in [-0.15, -0.1) is 17.8 Å². The second-order valence-corrected chi connectivity index (χ2v) is 6.11. The second kappa shape index (κ2) is 6.64. The Morgan fingerprint density at radius 2 is 2.10 bits per heavy atom. The lowest BCUT2D eigenvalue weighted by atomic mass is 9.95. The predicted molar refractivity (Wildman–Crippen MR) is 82.8 cm³/mol. The van der Waals surface area contributed by atoms with Crippen molar-refractivity contribution in [1.82, 2.24) is 0 Å². The normalized spacial score (nSPS) is 13.3. The average molecular weight is 306 g/mol. The van der Waals surface area contributed by atoms with Crippen molar-refractivity contribution < 1.29 is 14.7 Å². The maximum Gasteiger partial charge on any atom is 0.305 e. The monoisotopic (exact) mass is 306 g/mol. The highest BCUT2D eigenvalue weighted by molar-refractivity contribution is 7.16. The van der Waals surface area contributed by atoms with E-state index in [9.17, 15) is 9.59 Å². The molecule has 0 saturated carbocycles. The number of aliphatic carboxylic acids is 1. The van der Waals surface area contributed by atoms with Gasteiger partial charge in [0, 0.05) is 11.4 Å². The Balaban J connectivity index is 2.39. The molecule has 1 aliphatic carbocycles. The molecule has 0 spiro atoms. The molecule has 0 atom stereocenters. The molecule has 1 amide bonds. The summed E-state index contributed by atoms with van der Waals surface area (Å²) in [7, 11) is 0. The van der Waals surface area contributed by atoms with E-state index in [1.165, 1.54) is 16.2 Å². The Morgan fingerprint density at radius 3 is 2.71 bits per heavy atom. The van der Waals surface area contributed by atoms with E-state index in [0.29, 0.717) is 5.56 Å². The minimum Gasteiger partial charge on any atom is -0.481 e. The van der Waals surface area contributed by atoms with Gasteiger partial charge in [0.25, 0.3) is 5.91 Å². The molecular weight excluding hydrogens is 288 g/mol. The number of carbonyl (C=O) groups is 2. The number of carboxylic acid groups (broad SMARTS) is 1. The van der Waals surface area contributed by atoms with Crippen molar-refractivity contribution in [2.24, 2.45) is 5.73 Å². The van der Waals surface area contributed by atoms with Gasteiger partial charge in [0.05, 0.1) is 18.5 Å². The van der Waals surface area contributed by atoms with Gasteiger partial charge in [-0.1, -0.05) is 5.92 Å². The van der Waals surface area contributed by atoms with Gasteiger partial charge < -0.3 is 15.7 Å². The molecule has 0 radical (unpaired) electrons.